The summed E-state index contributed by atoms with van der Waals surface area (Å²) in [5.74, 6) is 0.752. The summed E-state index contributed by atoms with van der Waals surface area (Å²) in [4.78, 5) is 4.77. The van der Waals surface area contributed by atoms with Crippen LogP contribution in [-0.2, 0) is 14.3 Å². The summed E-state index contributed by atoms with van der Waals surface area (Å²) in [5.41, 5.74) is 2.90. The minimum atomic E-state index is -3.63. The Morgan fingerprint density at radius 1 is 1.00 bits per heavy atom. The average molecular weight is 509 g/mol. The smallest absolute Gasteiger partial charge is 0.290 e. The molecule has 1 aromatic heterocycles. The molecule has 35 heavy (non-hydrogen) atoms. The van der Waals surface area contributed by atoms with Crippen molar-refractivity contribution in [3.05, 3.63) is 83.1 Å². The lowest BCUT2D eigenvalue weighted by molar-refractivity contribution is 0.308. The van der Waals surface area contributed by atoms with Crippen LogP contribution in [0.4, 0.5) is 5.13 Å². The first-order valence-corrected chi connectivity index (χ1v) is 13.9. The van der Waals surface area contributed by atoms with Crippen LogP contribution in [0.1, 0.15) is 25.3 Å². The molecule has 4 aromatic rings. The first-order valence-electron chi connectivity index (χ1n) is 11.5. The molecule has 6 nitrogen and oxygen atoms in total. The summed E-state index contributed by atoms with van der Waals surface area (Å²) < 4.78 is 33.6. The zero-order valence-electron chi connectivity index (χ0n) is 19.5. The molecule has 182 valence electrons. The van der Waals surface area contributed by atoms with Gasteiger partial charge >= 0.3 is 0 Å². The van der Waals surface area contributed by atoms with Gasteiger partial charge in [0, 0.05) is 17.5 Å². The van der Waals surface area contributed by atoms with E-state index in [2.05, 4.69) is 57.3 Å². The van der Waals surface area contributed by atoms with E-state index in [-0.39, 0.29) is 6.61 Å². The summed E-state index contributed by atoms with van der Waals surface area (Å²) in [7, 11) is -3.63. The lowest BCUT2D eigenvalue weighted by atomic mass is 10.0. The number of aromatic nitrogens is 1. The third-order valence-corrected chi connectivity index (χ3v) is 7.11. The summed E-state index contributed by atoms with van der Waals surface area (Å²) in [5, 5.41) is 9.91. The molecule has 1 N–H and O–H groups in total. The van der Waals surface area contributed by atoms with Crippen molar-refractivity contribution in [3.63, 3.8) is 0 Å². The minimum Gasteiger partial charge on any atom is -0.494 e. The highest BCUT2D eigenvalue weighted by Crippen LogP contribution is 2.30. The third-order valence-electron chi connectivity index (χ3n) is 5.28. The molecule has 0 atom stereocenters. The predicted octanol–water partition coefficient (Wildman–Crippen LogP) is 6.57. The van der Waals surface area contributed by atoms with E-state index in [1.54, 1.807) is 18.3 Å². The summed E-state index contributed by atoms with van der Waals surface area (Å²) in [6.45, 7) is 3.18. The molecule has 0 aliphatic rings. The van der Waals surface area contributed by atoms with Gasteiger partial charge in [0.2, 0.25) is 0 Å². The summed E-state index contributed by atoms with van der Waals surface area (Å²) in [6.07, 6.45) is 3.37. The van der Waals surface area contributed by atoms with E-state index in [0.717, 1.165) is 52.5 Å². The Morgan fingerprint density at radius 2 is 1.80 bits per heavy atom. The molecule has 0 amide bonds. The third kappa shape index (κ3) is 7.14. The lowest BCUT2D eigenvalue weighted by Crippen LogP contribution is -2.04. The van der Waals surface area contributed by atoms with Gasteiger partial charge in [-0.1, -0.05) is 54.6 Å². The molecule has 0 unspecified atom stereocenters. The van der Waals surface area contributed by atoms with Gasteiger partial charge in [-0.25, -0.2) is 4.98 Å². The van der Waals surface area contributed by atoms with Gasteiger partial charge in [-0.3, -0.25) is 4.18 Å². The largest absolute Gasteiger partial charge is 0.494 e. The molecule has 0 spiro atoms. The maximum Gasteiger partial charge on any atom is 0.290 e. The van der Waals surface area contributed by atoms with Gasteiger partial charge in [-0.2, -0.15) is 8.42 Å². The van der Waals surface area contributed by atoms with E-state index in [1.165, 1.54) is 16.8 Å². The zero-order valence-corrected chi connectivity index (χ0v) is 21.1. The Morgan fingerprint density at radius 3 is 2.63 bits per heavy atom. The van der Waals surface area contributed by atoms with Crippen LogP contribution < -0.4 is 10.1 Å². The Labute approximate surface area is 210 Å². The van der Waals surface area contributed by atoms with Gasteiger partial charge < -0.3 is 10.1 Å². The molecular formula is C27H28N2O4S2. The van der Waals surface area contributed by atoms with Crippen LogP contribution in [-0.4, -0.2) is 33.2 Å². The van der Waals surface area contributed by atoms with E-state index in [0.29, 0.717) is 6.61 Å². The van der Waals surface area contributed by atoms with Gasteiger partial charge in [0.25, 0.3) is 10.1 Å². The second-order valence-corrected chi connectivity index (χ2v) is 10.2. The highest BCUT2D eigenvalue weighted by Gasteiger charge is 2.08. The maximum atomic E-state index is 11.6. The maximum absolute atomic E-state index is 11.6. The fraction of sp³-hybridized carbons (Fsp3) is 0.222. The van der Waals surface area contributed by atoms with Crippen molar-refractivity contribution in [1.29, 1.82) is 0 Å². The molecule has 3 aromatic carbocycles. The van der Waals surface area contributed by atoms with Crippen molar-refractivity contribution >= 4 is 43.4 Å². The van der Waals surface area contributed by atoms with Crippen LogP contribution in [0.5, 0.6) is 5.75 Å². The molecule has 0 saturated carbocycles. The topological polar surface area (TPSA) is 77.5 Å². The van der Waals surface area contributed by atoms with E-state index < -0.39 is 10.1 Å². The van der Waals surface area contributed by atoms with Gasteiger partial charge in [0.1, 0.15) is 5.75 Å². The molecule has 0 saturated heterocycles. The molecule has 8 heteroatoms. The van der Waals surface area contributed by atoms with Crippen LogP contribution in [0.3, 0.4) is 0 Å². The zero-order chi connectivity index (χ0) is 24.5. The highest BCUT2D eigenvalue weighted by atomic mass is 32.2. The molecule has 0 aliphatic carbocycles. The van der Waals surface area contributed by atoms with Gasteiger partial charge in [0.05, 0.1) is 24.3 Å². The van der Waals surface area contributed by atoms with Crippen LogP contribution in [0.15, 0.2) is 77.5 Å². The number of fused-ring (bicyclic) bond motifs is 1. The second-order valence-electron chi connectivity index (χ2n) is 7.82. The van der Waals surface area contributed by atoms with E-state index in [9.17, 15) is 8.42 Å². The van der Waals surface area contributed by atoms with Crippen molar-refractivity contribution < 1.29 is 17.3 Å². The fourth-order valence-electron chi connectivity index (χ4n) is 3.58. The highest BCUT2D eigenvalue weighted by molar-refractivity contribution is 7.89. The van der Waals surface area contributed by atoms with E-state index >= 15 is 0 Å². The van der Waals surface area contributed by atoms with Crippen LogP contribution in [0.25, 0.3) is 28.1 Å². The number of hydrogen-bond donors (Lipinski definition) is 1. The van der Waals surface area contributed by atoms with Gasteiger partial charge in [0.15, 0.2) is 5.13 Å². The lowest BCUT2D eigenvalue weighted by Gasteiger charge is -2.07. The Bertz CT molecular complexity index is 1370. The molecule has 0 radical (unpaired) electrons. The SMILES string of the molecule is CCOS(=O)(=O)/C=C/c1ccc(OCCCCNc2nc(-c3cccc4ccccc34)cs2)cc1. The summed E-state index contributed by atoms with van der Waals surface area (Å²) in [6, 6.07) is 21.9. The minimum absolute atomic E-state index is 0.116. The van der Waals surface area contributed by atoms with Crippen LogP contribution >= 0.6 is 11.3 Å². The first-order chi connectivity index (χ1) is 17.0. The normalized spacial score (nSPS) is 11.8. The fourth-order valence-corrected chi connectivity index (χ4v) is 5.05. The molecule has 0 bridgehead atoms. The molecule has 4 rings (SSSR count). The van der Waals surface area contributed by atoms with Gasteiger partial charge in [-0.05, 0) is 54.3 Å². The first kappa shape index (κ1) is 24.9. The number of nitrogens with one attached hydrogen (secondary N) is 1. The van der Waals surface area contributed by atoms with Gasteiger partial charge in [-0.15, -0.1) is 11.3 Å². The number of anilines is 1. The average Bonchev–Trinajstić information content (AvgIpc) is 3.34. The van der Waals surface area contributed by atoms with Crippen molar-refractivity contribution in [2.75, 3.05) is 25.1 Å². The van der Waals surface area contributed by atoms with Crippen molar-refractivity contribution in [1.82, 2.24) is 4.98 Å². The summed E-state index contributed by atoms with van der Waals surface area (Å²) >= 11 is 1.62. The Balaban J connectivity index is 1.19. The number of nitrogens with zero attached hydrogens (tertiary/aromatic N) is 1. The molecular weight excluding hydrogens is 480 g/mol. The molecule has 0 aliphatic heterocycles. The number of rotatable bonds is 12. The van der Waals surface area contributed by atoms with Crippen molar-refractivity contribution in [2.45, 2.75) is 19.8 Å². The Hall–Kier alpha value is -3.20. The number of hydrogen-bond acceptors (Lipinski definition) is 7. The van der Waals surface area contributed by atoms with Crippen molar-refractivity contribution in [2.24, 2.45) is 0 Å². The molecule has 0 fully saturated rings. The number of unbranched alkanes of at least 4 members (excludes halogenated alkanes) is 1. The second kappa shape index (κ2) is 12.0. The number of thiazole rings is 1. The standard InChI is InChI=1S/C27H28N2O4S2/c1-2-33-35(30,31)19-16-21-12-14-23(15-13-21)32-18-6-5-17-28-27-29-26(20-34-27)25-11-7-9-22-8-3-4-10-24(22)25/h3-4,7-16,19-20H,2,5-6,17-18H2,1H3,(H,28,29)/b19-16+. The number of ether oxygens (including phenoxy) is 1. The van der Waals surface area contributed by atoms with E-state index in [1.807, 2.05) is 24.3 Å². The monoisotopic (exact) mass is 508 g/mol. The Kier molecular flexibility index (Phi) is 8.52. The van der Waals surface area contributed by atoms with E-state index in [4.69, 9.17) is 9.72 Å². The van der Waals surface area contributed by atoms with Crippen molar-refractivity contribution in [3.8, 4) is 17.0 Å². The van der Waals surface area contributed by atoms with Crippen LogP contribution in [0, 0.1) is 0 Å². The molecule has 1 heterocycles. The number of benzene rings is 3. The quantitative estimate of drug-likeness (QED) is 0.172. The van der Waals surface area contributed by atoms with Crippen LogP contribution in [0.2, 0.25) is 0 Å². The predicted molar refractivity (Wildman–Crippen MR) is 144 cm³/mol.